The predicted octanol–water partition coefficient (Wildman–Crippen LogP) is 1.65. The molecule has 1 aliphatic rings. The molecule has 1 fully saturated rings. The van der Waals surface area contributed by atoms with Crippen LogP contribution < -0.4 is 5.32 Å². The fraction of sp³-hybridized carbons (Fsp3) is 0.643. The van der Waals surface area contributed by atoms with Gasteiger partial charge in [-0.05, 0) is 25.6 Å². The molecule has 1 aromatic rings. The number of likely N-dealkylation sites (N-methyl/N-ethyl adjacent to an activating group) is 1. The number of pyridine rings is 1. The van der Waals surface area contributed by atoms with Crippen LogP contribution in [-0.4, -0.2) is 54.1 Å². The van der Waals surface area contributed by atoms with Crippen molar-refractivity contribution in [2.45, 2.75) is 20.4 Å². The van der Waals surface area contributed by atoms with Gasteiger partial charge in [0, 0.05) is 39.3 Å². The van der Waals surface area contributed by atoms with Crippen LogP contribution in [0.1, 0.15) is 19.5 Å². The van der Waals surface area contributed by atoms with Gasteiger partial charge in [0.05, 0.1) is 5.69 Å². The number of anilines is 1. The van der Waals surface area contributed by atoms with E-state index in [0.717, 1.165) is 32.0 Å². The molecule has 1 aromatic heterocycles. The molecule has 1 saturated heterocycles. The number of nitrogens with zero attached hydrogens (tertiary/aromatic N) is 3. The van der Waals surface area contributed by atoms with E-state index < -0.39 is 0 Å². The summed E-state index contributed by atoms with van der Waals surface area (Å²) in [6, 6.07) is 6.23. The van der Waals surface area contributed by atoms with Crippen LogP contribution in [0.25, 0.3) is 0 Å². The lowest BCUT2D eigenvalue weighted by Crippen LogP contribution is -2.45. The third kappa shape index (κ3) is 3.68. The normalized spacial score (nSPS) is 17.9. The SMILES string of the molecule is CCNc1cccc(CN2CCN(CC)CC2)n1. The molecule has 1 aliphatic heterocycles. The van der Waals surface area contributed by atoms with Crippen molar-refractivity contribution >= 4 is 5.82 Å². The summed E-state index contributed by atoms with van der Waals surface area (Å²) >= 11 is 0. The summed E-state index contributed by atoms with van der Waals surface area (Å²) in [5, 5.41) is 3.26. The highest BCUT2D eigenvalue weighted by Gasteiger charge is 2.15. The summed E-state index contributed by atoms with van der Waals surface area (Å²) in [4.78, 5) is 9.62. The number of aromatic nitrogens is 1. The van der Waals surface area contributed by atoms with E-state index >= 15 is 0 Å². The largest absolute Gasteiger partial charge is 0.370 e. The van der Waals surface area contributed by atoms with E-state index in [2.05, 4.69) is 46.1 Å². The summed E-state index contributed by atoms with van der Waals surface area (Å²) in [6.07, 6.45) is 0. The average molecular weight is 248 g/mol. The molecule has 0 unspecified atom stereocenters. The molecule has 0 amide bonds. The maximum atomic E-state index is 4.63. The molecule has 100 valence electrons. The van der Waals surface area contributed by atoms with E-state index in [0.29, 0.717) is 0 Å². The van der Waals surface area contributed by atoms with E-state index in [4.69, 9.17) is 0 Å². The first-order valence-corrected chi connectivity index (χ1v) is 6.96. The molecule has 18 heavy (non-hydrogen) atoms. The molecule has 4 nitrogen and oxygen atoms in total. The molecular formula is C14H24N4. The van der Waals surface area contributed by atoms with Crippen LogP contribution in [0.5, 0.6) is 0 Å². The Balaban J connectivity index is 1.87. The number of rotatable bonds is 5. The van der Waals surface area contributed by atoms with Crippen molar-refractivity contribution in [2.75, 3.05) is 44.6 Å². The second-order valence-electron chi connectivity index (χ2n) is 4.75. The predicted molar refractivity (Wildman–Crippen MR) is 75.8 cm³/mol. The van der Waals surface area contributed by atoms with Gasteiger partial charge in [-0.25, -0.2) is 4.98 Å². The molecule has 2 heterocycles. The Kier molecular flexibility index (Phi) is 4.96. The molecule has 0 aromatic carbocycles. The Bertz CT molecular complexity index is 359. The first-order chi connectivity index (χ1) is 8.81. The van der Waals surface area contributed by atoms with Crippen LogP contribution >= 0.6 is 0 Å². The summed E-state index contributed by atoms with van der Waals surface area (Å²) in [6.45, 7) is 12.1. The third-order valence-electron chi connectivity index (χ3n) is 3.46. The van der Waals surface area contributed by atoms with Gasteiger partial charge in [-0.1, -0.05) is 13.0 Å². The summed E-state index contributed by atoms with van der Waals surface area (Å²) in [5.41, 5.74) is 1.17. The molecule has 2 rings (SSSR count). The standard InChI is InChI=1S/C14H24N4/c1-3-15-14-7-5-6-13(16-14)12-18-10-8-17(4-2)9-11-18/h5-7H,3-4,8-12H2,1-2H3,(H,15,16). The maximum Gasteiger partial charge on any atom is 0.126 e. The minimum Gasteiger partial charge on any atom is -0.370 e. The van der Waals surface area contributed by atoms with E-state index in [1.807, 2.05) is 6.07 Å². The number of nitrogens with one attached hydrogen (secondary N) is 1. The quantitative estimate of drug-likeness (QED) is 0.858. The number of hydrogen-bond acceptors (Lipinski definition) is 4. The van der Waals surface area contributed by atoms with Crippen LogP contribution in [0.2, 0.25) is 0 Å². The van der Waals surface area contributed by atoms with Gasteiger partial charge >= 0.3 is 0 Å². The molecule has 0 atom stereocenters. The van der Waals surface area contributed by atoms with E-state index in [9.17, 15) is 0 Å². The van der Waals surface area contributed by atoms with Gasteiger partial charge in [0.15, 0.2) is 0 Å². The van der Waals surface area contributed by atoms with Crippen LogP contribution in [0.3, 0.4) is 0 Å². The number of hydrogen-bond donors (Lipinski definition) is 1. The summed E-state index contributed by atoms with van der Waals surface area (Å²) < 4.78 is 0. The van der Waals surface area contributed by atoms with Gasteiger partial charge in [0.25, 0.3) is 0 Å². The van der Waals surface area contributed by atoms with Crippen LogP contribution in [-0.2, 0) is 6.54 Å². The minimum atomic E-state index is 0.922. The highest BCUT2D eigenvalue weighted by atomic mass is 15.3. The first kappa shape index (κ1) is 13.3. The van der Waals surface area contributed by atoms with Crippen molar-refractivity contribution in [2.24, 2.45) is 0 Å². The molecule has 4 heteroatoms. The fourth-order valence-electron chi connectivity index (χ4n) is 2.34. The molecule has 0 radical (unpaired) electrons. The highest BCUT2D eigenvalue weighted by molar-refractivity contribution is 5.34. The van der Waals surface area contributed by atoms with Gasteiger partial charge in [0.2, 0.25) is 0 Å². The summed E-state index contributed by atoms with van der Waals surface area (Å²) in [5.74, 6) is 0.988. The first-order valence-electron chi connectivity index (χ1n) is 6.96. The zero-order chi connectivity index (χ0) is 12.8. The topological polar surface area (TPSA) is 31.4 Å². The Hall–Kier alpha value is -1.13. The Labute approximate surface area is 110 Å². The molecule has 0 spiro atoms. The van der Waals surface area contributed by atoms with Crippen molar-refractivity contribution in [1.29, 1.82) is 0 Å². The lowest BCUT2D eigenvalue weighted by Gasteiger charge is -2.33. The van der Waals surface area contributed by atoms with Crippen molar-refractivity contribution in [1.82, 2.24) is 14.8 Å². The van der Waals surface area contributed by atoms with Gasteiger partial charge < -0.3 is 10.2 Å². The van der Waals surface area contributed by atoms with Crippen LogP contribution in [0, 0.1) is 0 Å². The maximum absolute atomic E-state index is 4.63. The zero-order valence-corrected chi connectivity index (χ0v) is 11.5. The molecule has 1 N–H and O–H groups in total. The Morgan fingerprint density at radius 2 is 1.83 bits per heavy atom. The minimum absolute atomic E-state index is 0.922. The Morgan fingerprint density at radius 1 is 1.11 bits per heavy atom. The zero-order valence-electron chi connectivity index (χ0n) is 11.5. The van der Waals surface area contributed by atoms with Gasteiger partial charge in [0.1, 0.15) is 5.82 Å². The Morgan fingerprint density at radius 3 is 2.50 bits per heavy atom. The van der Waals surface area contributed by atoms with Gasteiger partial charge in [-0.3, -0.25) is 4.90 Å². The molecule has 0 bridgehead atoms. The second kappa shape index (κ2) is 6.71. The smallest absolute Gasteiger partial charge is 0.126 e. The fourth-order valence-corrected chi connectivity index (χ4v) is 2.34. The lowest BCUT2D eigenvalue weighted by molar-refractivity contribution is 0.131. The van der Waals surface area contributed by atoms with Crippen molar-refractivity contribution < 1.29 is 0 Å². The average Bonchev–Trinajstić information content (AvgIpc) is 2.40. The van der Waals surface area contributed by atoms with E-state index in [1.54, 1.807) is 0 Å². The summed E-state index contributed by atoms with van der Waals surface area (Å²) in [7, 11) is 0. The van der Waals surface area contributed by atoms with Crippen LogP contribution in [0.15, 0.2) is 18.2 Å². The van der Waals surface area contributed by atoms with Crippen LogP contribution in [0.4, 0.5) is 5.82 Å². The van der Waals surface area contributed by atoms with Gasteiger partial charge in [-0.2, -0.15) is 0 Å². The van der Waals surface area contributed by atoms with Gasteiger partial charge in [-0.15, -0.1) is 0 Å². The molecule has 0 aliphatic carbocycles. The van der Waals surface area contributed by atoms with Crippen molar-refractivity contribution in [3.63, 3.8) is 0 Å². The monoisotopic (exact) mass is 248 g/mol. The molecular weight excluding hydrogens is 224 g/mol. The lowest BCUT2D eigenvalue weighted by atomic mass is 10.2. The van der Waals surface area contributed by atoms with Crippen molar-refractivity contribution in [3.05, 3.63) is 23.9 Å². The third-order valence-corrected chi connectivity index (χ3v) is 3.46. The highest BCUT2D eigenvalue weighted by Crippen LogP contribution is 2.09. The molecule has 0 saturated carbocycles. The number of piperazine rings is 1. The second-order valence-corrected chi connectivity index (χ2v) is 4.75. The van der Waals surface area contributed by atoms with E-state index in [1.165, 1.54) is 25.3 Å². The van der Waals surface area contributed by atoms with E-state index in [-0.39, 0.29) is 0 Å². The van der Waals surface area contributed by atoms with Crippen molar-refractivity contribution in [3.8, 4) is 0 Å².